The molecule has 1 aromatic rings. The Kier molecular flexibility index (Phi) is 3.35. The monoisotopic (exact) mass is 350 g/mol. The van der Waals surface area contributed by atoms with Crippen molar-refractivity contribution in [1.82, 2.24) is 5.32 Å². The van der Waals surface area contributed by atoms with E-state index in [4.69, 9.17) is 5.26 Å². The van der Waals surface area contributed by atoms with Crippen molar-refractivity contribution < 1.29 is 9.90 Å². The molecule has 4 atom stereocenters. The van der Waals surface area contributed by atoms with Gasteiger partial charge in [-0.2, -0.15) is 5.26 Å². The minimum Gasteiger partial charge on any atom is -0.390 e. The fourth-order valence-electron chi connectivity index (χ4n) is 6.74. The van der Waals surface area contributed by atoms with Crippen LogP contribution in [0.15, 0.2) is 24.3 Å². The number of carbonyl (C=O) groups is 1. The number of rotatable bonds is 4. The summed E-state index contributed by atoms with van der Waals surface area (Å²) in [6.07, 6.45) is 8.67. The van der Waals surface area contributed by atoms with E-state index in [1.54, 1.807) is 0 Å². The zero-order chi connectivity index (χ0) is 18.0. The molecule has 5 fully saturated rings. The number of carbonyl (C=O) groups excluding carboxylic acids is 1. The van der Waals surface area contributed by atoms with Gasteiger partial charge in [0.25, 0.3) is 0 Å². The molecule has 0 heterocycles. The first-order valence-electron chi connectivity index (χ1n) is 9.96. The lowest BCUT2D eigenvalue weighted by molar-refractivity contribution is -0.169. The van der Waals surface area contributed by atoms with E-state index in [-0.39, 0.29) is 16.9 Å². The first-order chi connectivity index (χ1) is 12.4. The molecule has 4 nitrogen and oxygen atoms in total. The first-order valence-corrected chi connectivity index (χ1v) is 9.96. The van der Waals surface area contributed by atoms with Gasteiger partial charge in [0.05, 0.1) is 22.8 Å². The molecule has 1 amide bonds. The number of hydrogen-bond donors (Lipinski definition) is 2. The average molecular weight is 350 g/mol. The topological polar surface area (TPSA) is 73.1 Å². The van der Waals surface area contributed by atoms with Crippen LogP contribution < -0.4 is 5.32 Å². The second kappa shape index (κ2) is 5.33. The van der Waals surface area contributed by atoms with E-state index < -0.39 is 5.60 Å². The highest BCUT2D eigenvalue weighted by atomic mass is 16.3. The third-order valence-electron chi connectivity index (χ3n) is 7.38. The molecule has 4 bridgehead atoms. The Bertz CT molecular complexity index is 773. The van der Waals surface area contributed by atoms with Crippen LogP contribution in [-0.2, 0) is 10.3 Å². The highest BCUT2D eigenvalue weighted by Gasteiger charge is 2.58. The van der Waals surface area contributed by atoms with Crippen molar-refractivity contribution in [2.24, 2.45) is 17.3 Å². The van der Waals surface area contributed by atoms with Crippen molar-refractivity contribution in [2.45, 2.75) is 68.9 Å². The third-order valence-corrected chi connectivity index (χ3v) is 7.38. The van der Waals surface area contributed by atoms with Crippen molar-refractivity contribution in [3.05, 3.63) is 35.4 Å². The molecule has 5 aliphatic rings. The van der Waals surface area contributed by atoms with Crippen molar-refractivity contribution in [1.29, 1.82) is 5.26 Å². The van der Waals surface area contributed by atoms with Crippen LogP contribution in [0.3, 0.4) is 0 Å². The molecule has 0 aliphatic heterocycles. The highest BCUT2D eigenvalue weighted by molar-refractivity contribution is 5.78. The number of amides is 1. The Morgan fingerprint density at radius 2 is 1.81 bits per heavy atom. The highest BCUT2D eigenvalue weighted by Crippen LogP contribution is 2.63. The van der Waals surface area contributed by atoms with Crippen LogP contribution in [0.4, 0.5) is 0 Å². The maximum atomic E-state index is 12.9. The van der Waals surface area contributed by atoms with Crippen molar-refractivity contribution in [3.63, 3.8) is 0 Å². The van der Waals surface area contributed by atoms with Crippen LogP contribution in [0.25, 0.3) is 0 Å². The number of nitrogens with one attached hydrogen (secondary N) is 1. The molecule has 136 valence electrons. The Morgan fingerprint density at radius 3 is 2.35 bits per heavy atom. The van der Waals surface area contributed by atoms with Crippen LogP contribution in [0.5, 0.6) is 0 Å². The second-order valence-electron chi connectivity index (χ2n) is 9.68. The molecule has 5 aliphatic carbocycles. The zero-order valence-corrected chi connectivity index (χ0v) is 15.1. The SMILES string of the molecule is N#Cc1ccc(C2(NC(=O)CC34CC5C[C@H](CC(O)(C5)C3)C4)CC2)cc1. The summed E-state index contributed by atoms with van der Waals surface area (Å²) >= 11 is 0. The summed E-state index contributed by atoms with van der Waals surface area (Å²) in [6, 6.07) is 9.75. The summed E-state index contributed by atoms with van der Waals surface area (Å²) in [5, 5.41) is 23.2. The Morgan fingerprint density at radius 1 is 1.15 bits per heavy atom. The van der Waals surface area contributed by atoms with E-state index >= 15 is 0 Å². The van der Waals surface area contributed by atoms with Crippen LogP contribution in [0.2, 0.25) is 0 Å². The van der Waals surface area contributed by atoms with Crippen molar-refractivity contribution in [3.8, 4) is 6.07 Å². The number of aliphatic hydroxyl groups is 1. The van der Waals surface area contributed by atoms with E-state index in [0.29, 0.717) is 23.8 Å². The van der Waals surface area contributed by atoms with Gasteiger partial charge in [-0.3, -0.25) is 4.79 Å². The van der Waals surface area contributed by atoms with Gasteiger partial charge in [-0.1, -0.05) is 12.1 Å². The van der Waals surface area contributed by atoms with Gasteiger partial charge < -0.3 is 10.4 Å². The molecule has 6 rings (SSSR count). The third kappa shape index (κ3) is 2.65. The molecule has 0 saturated heterocycles. The molecule has 4 heteroatoms. The lowest BCUT2D eigenvalue weighted by Crippen LogP contribution is -2.56. The lowest BCUT2D eigenvalue weighted by Gasteiger charge is -2.60. The van der Waals surface area contributed by atoms with Gasteiger partial charge >= 0.3 is 0 Å². The van der Waals surface area contributed by atoms with Crippen LogP contribution >= 0.6 is 0 Å². The quantitative estimate of drug-likeness (QED) is 0.874. The van der Waals surface area contributed by atoms with E-state index in [0.717, 1.165) is 50.5 Å². The predicted octanol–water partition coefficient (Wildman–Crippen LogP) is 3.38. The van der Waals surface area contributed by atoms with Gasteiger partial charge in [0.1, 0.15) is 0 Å². The second-order valence-corrected chi connectivity index (χ2v) is 9.68. The minimum absolute atomic E-state index is 0.0175. The van der Waals surface area contributed by atoms with E-state index in [1.165, 1.54) is 6.42 Å². The maximum Gasteiger partial charge on any atom is 0.221 e. The Balaban J connectivity index is 1.30. The molecule has 1 aromatic carbocycles. The number of hydrogen-bond acceptors (Lipinski definition) is 3. The van der Waals surface area contributed by atoms with Crippen LogP contribution in [0.1, 0.15) is 68.9 Å². The van der Waals surface area contributed by atoms with Crippen molar-refractivity contribution in [2.75, 3.05) is 0 Å². The van der Waals surface area contributed by atoms with Crippen molar-refractivity contribution >= 4 is 5.91 Å². The van der Waals surface area contributed by atoms with Gasteiger partial charge in [0.2, 0.25) is 5.91 Å². The molecule has 3 unspecified atom stereocenters. The Labute approximate surface area is 154 Å². The average Bonchev–Trinajstić information content (AvgIpc) is 3.32. The summed E-state index contributed by atoms with van der Waals surface area (Å²) in [5.74, 6) is 1.36. The zero-order valence-electron chi connectivity index (χ0n) is 15.1. The number of nitrogens with zero attached hydrogens (tertiary/aromatic N) is 1. The minimum atomic E-state index is -0.505. The van der Waals surface area contributed by atoms with E-state index in [2.05, 4.69) is 11.4 Å². The molecular weight excluding hydrogens is 324 g/mol. The fourth-order valence-corrected chi connectivity index (χ4v) is 6.74. The lowest BCUT2D eigenvalue weighted by atomic mass is 9.47. The predicted molar refractivity (Wildman–Crippen MR) is 96.9 cm³/mol. The smallest absolute Gasteiger partial charge is 0.221 e. The standard InChI is InChI=1S/C22H26N2O2/c23-13-15-1-3-18(4-2-15)22(5-6-22)24-19(25)12-20-8-16-7-17(9-20)11-21(26,10-16)14-20/h1-4,16-17,26H,5-12,14H2,(H,24,25)/t16-,17?,20?,21?/m0/s1. The van der Waals surface area contributed by atoms with E-state index in [9.17, 15) is 9.90 Å². The summed E-state index contributed by atoms with van der Waals surface area (Å²) in [5.41, 5.74) is 1.04. The number of nitriles is 1. The molecule has 26 heavy (non-hydrogen) atoms. The summed E-state index contributed by atoms with van der Waals surface area (Å²) in [7, 11) is 0. The molecule has 2 N–H and O–H groups in total. The van der Waals surface area contributed by atoms with Crippen LogP contribution in [-0.4, -0.2) is 16.6 Å². The maximum absolute atomic E-state index is 12.9. The van der Waals surface area contributed by atoms with Gasteiger partial charge in [-0.25, -0.2) is 0 Å². The summed E-state index contributed by atoms with van der Waals surface area (Å²) < 4.78 is 0. The Hall–Kier alpha value is -1.86. The normalized spacial score (nSPS) is 38.6. The van der Waals surface area contributed by atoms with Gasteiger partial charge in [-0.05, 0) is 86.3 Å². The molecule has 0 aromatic heterocycles. The first kappa shape index (κ1) is 16.3. The molecule has 5 saturated carbocycles. The molecular formula is C22H26N2O2. The van der Waals surface area contributed by atoms with Gasteiger partial charge in [0.15, 0.2) is 0 Å². The molecule has 0 radical (unpaired) electrons. The summed E-state index contributed by atoms with van der Waals surface area (Å²) in [6.45, 7) is 0. The van der Waals surface area contributed by atoms with Crippen LogP contribution in [0, 0.1) is 28.6 Å². The molecule has 0 spiro atoms. The van der Waals surface area contributed by atoms with E-state index in [1.807, 2.05) is 24.3 Å². The summed E-state index contributed by atoms with van der Waals surface area (Å²) in [4.78, 5) is 12.9. The fraction of sp³-hybridized carbons (Fsp3) is 0.636. The largest absolute Gasteiger partial charge is 0.390 e. The van der Waals surface area contributed by atoms with Gasteiger partial charge in [-0.15, -0.1) is 0 Å². The number of benzene rings is 1. The van der Waals surface area contributed by atoms with Gasteiger partial charge in [0, 0.05) is 6.42 Å².